The van der Waals surface area contributed by atoms with Crippen LogP contribution < -0.4 is 5.32 Å². The molecule has 106 valence electrons. The van der Waals surface area contributed by atoms with Crippen molar-refractivity contribution in [3.8, 4) is 6.07 Å². The van der Waals surface area contributed by atoms with E-state index in [-0.39, 0.29) is 11.5 Å². The molecule has 0 fully saturated rings. The molecular weight excluding hydrogens is 273 g/mol. The van der Waals surface area contributed by atoms with Crippen LogP contribution in [0.25, 0.3) is 0 Å². The van der Waals surface area contributed by atoms with E-state index < -0.39 is 5.82 Å². The van der Waals surface area contributed by atoms with Gasteiger partial charge in [0.25, 0.3) is 0 Å². The molecule has 1 aromatic rings. The highest BCUT2D eigenvalue weighted by Gasteiger charge is 2.27. The van der Waals surface area contributed by atoms with E-state index in [1.165, 1.54) is 6.07 Å². The first-order chi connectivity index (χ1) is 9.40. The lowest BCUT2D eigenvalue weighted by atomic mass is 9.85. The SMILES string of the molecule is CC(C)(C)C1CCSC(Nc2ccc(C#N)cc2F)=N1. The van der Waals surface area contributed by atoms with Crippen molar-refractivity contribution in [1.29, 1.82) is 5.26 Å². The van der Waals surface area contributed by atoms with Gasteiger partial charge in [-0.2, -0.15) is 5.26 Å². The molecule has 1 aromatic carbocycles. The predicted molar refractivity (Wildman–Crippen MR) is 82.5 cm³/mol. The summed E-state index contributed by atoms with van der Waals surface area (Å²) < 4.78 is 13.8. The van der Waals surface area contributed by atoms with Crippen LogP contribution in [0.4, 0.5) is 10.1 Å². The zero-order valence-corrected chi connectivity index (χ0v) is 12.7. The molecule has 0 aromatic heterocycles. The number of rotatable bonds is 1. The highest BCUT2D eigenvalue weighted by molar-refractivity contribution is 8.14. The minimum atomic E-state index is -0.426. The molecule has 0 spiro atoms. The number of amidine groups is 1. The van der Waals surface area contributed by atoms with Gasteiger partial charge in [-0.25, -0.2) is 4.39 Å². The number of benzene rings is 1. The Bertz CT molecular complexity index is 569. The van der Waals surface area contributed by atoms with Crippen molar-refractivity contribution in [2.75, 3.05) is 11.1 Å². The first-order valence-electron chi connectivity index (χ1n) is 6.57. The van der Waals surface area contributed by atoms with Crippen LogP contribution >= 0.6 is 11.8 Å². The monoisotopic (exact) mass is 291 g/mol. The van der Waals surface area contributed by atoms with Gasteiger partial charge in [0.2, 0.25) is 0 Å². The zero-order chi connectivity index (χ0) is 14.8. The molecule has 1 unspecified atom stereocenters. The summed E-state index contributed by atoms with van der Waals surface area (Å²) in [5.74, 6) is 0.552. The van der Waals surface area contributed by atoms with Crippen LogP contribution in [0, 0.1) is 22.6 Å². The predicted octanol–water partition coefficient (Wildman–Crippen LogP) is 4.02. The van der Waals surface area contributed by atoms with Crippen LogP contribution in [0.3, 0.4) is 0 Å². The molecule has 0 saturated heterocycles. The number of nitrogens with one attached hydrogen (secondary N) is 1. The Morgan fingerprint density at radius 2 is 2.20 bits per heavy atom. The number of halogens is 1. The molecule has 20 heavy (non-hydrogen) atoms. The molecular formula is C15H18FN3S. The lowest BCUT2D eigenvalue weighted by molar-refractivity contribution is 0.316. The summed E-state index contributed by atoms with van der Waals surface area (Å²) in [7, 11) is 0. The third kappa shape index (κ3) is 3.51. The van der Waals surface area contributed by atoms with Crippen molar-refractivity contribution in [2.45, 2.75) is 33.2 Å². The van der Waals surface area contributed by atoms with Crippen LogP contribution in [-0.4, -0.2) is 17.0 Å². The second kappa shape index (κ2) is 5.84. The van der Waals surface area contributed by atoms with Gasteiger partial charge < -0.3 is 5.32 Å². The van der Waals surface area contributed by atoms with E-state index in [1.807, 2.05) is 6.07 Å². The molecule has 5 heteroatoms. The number of anilines is 1. The zero-order valence-electron chi connectivity index (χ0n) is 11.9. The molecule has 0 bridgehead atoms. The summed E-state index contributed by atoms with van der Waals surface area (Å²) >= 11 is 1.60. The van der Waals surface area contributed by atoms with Crippen molar-refractivity contribution < 1.29 is 4.39 Å². The average Bonchev–Trinajstić information content (AvgIpc) is 2.40. The number of aliphatic imine (C=N–C) groups is 1. The Kier molecular flexibility index (Phi) is 4.34. The quantitative estimate of drug-likeness (QED) is 0.850. The molecule has 0 saturated carbocycles. The van der Waals surface area contributed by atoms with Crippen molar-refractivity contribution in [1.82, 2.24) is 0 Å². The van der Waals surface area contributed by atoms with Gasteiger partial charge in [0.15, 0.2) is 5.17 Å². The second-order valence-electron chi connectivity index (χ2n) is 5.88. The summed E-state index contributed by atoms with van der Waals surface area (Å²) in [5, 5.41) is 12.5. The molecule has 1 aliphatic heterocycles. The normalized spacial score (nSPS) is 19.1. The fourth-order valence-electron chi connectivity index (χ4n) is 2.01. The fourth-order valence-corrected chi connectivity index (χ4v) is 2.93. The largest absolute Gasteiger partial charge is 0.333 e. The van der Waals surface area contributed by atoms with Crippen molar-refractivity contribution >= 4 is 22.6 Å². The highest BCUT2D eigenvalue weighted by atomic mass is 32.2. The molecule has 2 rings (SSSR count). The molecule has 0 amide bonds. The van der Waals surface area contributed by atoms with Gasteiger partial charge in [-0.05, 0) is 30.0 Å². The number of nitriles is 1. The third-order valence-electron chi connectivity index (χ3n) is 3.24. The first-order valence-corrected chi connectivity index (χ1v) is 7.56. The molecule has 1 heterocycles. The minimum Gasteiger partial charge on any atom is -0.333 e. The summed E-state index contributed by atoms with van der Waals surface area (Å²) in [5.41, 5.74) is 0.792. The molecule has 0 aliphatic carbocycles. The molecule has 1 aliphatic rings. The lowest BCUT2D eigenvalue weighted by Gasteiger charge is -2.31. The molecule has 3 nitrogen and oxygen atoms in total. The van der Waals surface area contributed by atoms with Crippen molar-refractivity contribution in [3.05, 3.63) is 29.6 Å². The summed E-state index contributed by atoms with van der Waals surface area (Å²) in [6.07, 6.45) is 1.04. The Hall–Kier alpha value is -1.54. The Morgan fingerprint density at radius 1 is 1.45 bits per heavy atom. The van der Waals surface area contributed by atoms with E-state index in [0.29, 0.717) is 11.3 Å². The Morgan fingerprint density at radius 3 is 2.80 bits per heavy atom. The van der Waals surface area contributed by atoms with E-state index in [9.17, 15) is 4.39 Å². The molecule has 1 N–H and O–H groups in total. The number of hydrogen-bond donors (Lipinski definition) is 1. The third-order valence-corrected chi connectivity index (χ3v) is 4.16. The van der Waals surface area contributed by atoms with Gasteiger partial charge in [0, 0.05) is 5.75 Å². The first kappa shape index (κ1) is 14.9. The van der Waals surface area contributed by atoms with Gasteiger partial charge in [-0.15, -0.1) is 0 Å². The van der Waals surface area contributed by atoms with Crippen LogP contribution in [-0.2, 0) is 0 Å². The van der Waals surface area contributed by atoms with Crippen LogP contribution in [0.1, 0.15) is 32.8 Å². The van der Waals surface area contributed by atoms with E-state index in [1.54, 1.807) is 23.9 Å². The average molecular weight is 291 g/mol. The van der Waals surface area contributed by atoms with Crippen LogP contribution in [0.5, 0.6) is 0 Å². The van der Waals surface area contributed by atoms with E-state index in [4.69, 9.17) is 5.26 Å². The van der Waals surface area contributed by atoms with E-state index in [0.717, 1.165) is 17.3 Å². The van der Waals surface area contributed by atoms with Gasteiger partial charge in [-0.1, -0.05) is 32.5 Å². The van der Waals surface area contributed by atoms with Gasteiger partial charge in [0.05, 0.1) is 23.4 Å². The maximum Gasteiger partial charge on any atom is 0.161 e. The molecule has 1 atom stereocenters. The Labute approximate surface area is 123 Å². The maximum atomic E-state index is 13.8. The van der Waals surface area contributed by atoms with Crippen molar-refractivity contribution in [2.24, 2.45) is 10.4 Å². The Balaban J connectivity index is 2.18. The topological polar surface area (TPSA) is 48.2 Å². The number of hydrogen-bond acceptors (Lipinski definition) is 4. The van der Waals surface area contributed by atoms with E-state index >= 15 is 0 Å². The highest BCUT2D eigenvalue weighted by Crippen LogP contribution is 2.31. The standard InChI is InChI=1S/C15H18FN3S/c1-15(2,3)13-6-7-20-14(19-13)18-12-5-4-10(9-17)8-11(12)16/h4-5,8,13H,6-7H2,1-3H3,(H,18,19). The molecule has 0 radical (unpaired) electrons. The van der Waals surface area contributed by atoms with Gasteiger partial charge in [0.1, 0.15) is 5.82 Å². The minimum absolute atomic E-state index is 0.108. The van der Waals surface area contributed by atoms with Gasteiger partial charge in [-0.3, -0.25) is 4.99 Å². The summed E-state index contributed by atoms with van der Waals surface area (Å²) in [6, 6.07) is 6.58. The lowest BCUT2D eigenvalue weighted by Crippen LogP contribution is -2.30. The summed E-state index contributed by atoms with van der Waals surface area (Å²) in [6.45, 7) is 6.49. The smallest absolute Gasteiger partial charge is 0.161 e. The maximum absolute atomic E-state index is 13.8. The van der Waals surface area contributed by atoms with Crippen molar-refractivity contribution in [3.63, 3.8) is 0 Å². The fraction of sp³-hybridized carbons (Fsp3) is 0.467. The second-order valence-corrected chi connectivity index (χ2v) is 6.97. The van der Waals surface area contributed by atoms with Gasteiger partial charge >= 0.3 is 0 Å². The van der Waals surface area contributed by atoms with Crippen LogP contribution in [0.15, 0.2) is 23.2 Å². The van der Waals surface area contributed by atoms with E-state index in [2.05, 4.69) is 31.1 Å². The van der Waals surface area contributed by atoms with Crippen LogP contribution in [0.2, 0.25) is 0 Å². The summed E-state index contributed by atoms with van der Waals surface area (Å²) in [4.78, 5) is 4.67. The number of thioether (sulfide) groups is 1. The number of nitrogens with zero attached hydrogens (tertiary/aromatic N) is 2.